The Hall–Kier alpha value is -3.68. The lowest BCUT2D eigenvalue weighted by Gasteiger charge is -2.35. The molecule has 3 aliphatic rings. The van der Waals surface area contributed by atoms with Crippen molar-refractivity contribution in [2.24, 2.45) is 11.8 Å². The van der Waals surface area contributed by atoms with Gasteiger partial charge in [-0.05, 0) is 59.8 Å². The third-order valence-corrected chi connectivity index (χ3v) is 7.94. The lowest BCUT2D eigenvalue weighted by Crippen LogP contribution is -2.50. The Balaban J connectivity index is 1.20. The van der Waals surface area contributed by atoms with Gasteiger partial charge in [0.2, 0.25) is 5.89 Å². The van der Waals surface area contributed by atoms with Gasteiger partial charge < -0.3 is 19.7 Å². The molecule has 0 radical (unpaired) electrons. The van der Waals surface area contributed by atoms with Crippen LogP contribution in [0.1, 0.15) is 60.9 Å². The number of nitrogens with zero attached hydrogens (tertiary/aromatic N) is 2. The summed E-state index contributed by atoms with van der Waals surface area (Å²) < 4.78 is 11.2. The van der Waals surface area contributed by atoms with E-state index < -0.39 is 17.6 Å². The molecule has 2 saturated carbocycles. The molecule has 2 bridgehead atoms. The van der Waals surface area contributed by atoms with E-state index in [0.29, 0.717) is 11.7 Å². The van der Waals surface area contributed by atoms with Crippen molar-refractivity contribution >= 4 is 12.1 Å². The van der Waals surface area contributed by atoms with Crippen molar-refractivity contribution in [1.29, 1.82) is 0 Å². The van der Waals surface area contributed by atoms with Crippen molar-refractivity contribution < 1.29 is 24.0 Å². The van der Waals surface area contributed by atoms with E-state index in [0.717, 1.165) is 36.8 Å². The summed E-state index contributed by atoms with van der Waals surface area (Å²) in [4.78, 5) is 28.6. The lowest BCUT2D eigenvalue weighted by atomic mass is 9.80. The molecule has 3 aromatic rings. The van der Waals surface area contributed by atoms with Crippen LogP contribution in [0, 0.1) is 11.8 Å². The molecule has 8 heteroatoms. The van der Waals surface area contributed by atoms with Gasteiger partial charge in [0, 0.05) is 12.3 Å². The molecule has 2 aromatic carbocycles. The van der Waals surface area contributed by atoms with Gasteiger partial charge in [0.15, 0.2) is 5.82 Å². The minimum absolute atomic E-state index is 0.0167. The number of nitrogens with one attached hydrogen (secondary N) is 1. The van der Waals surface area contributed by atoms with Gasteiger partial charge in [-0.15, -0.1) is 0 Å². The number of fused-ring (bicyclic) bond motifs is 5. The molecule has 3 atom stereocenters. The Morgan fingerprint density at radius 2 is 1.80 bits per heavy atom. The fraction of sp³-hybridized carbons (Fsp3) is 0.407. The summed E-state index contributed by atoms with van der Waals surface area (Å²) in [6.45, 7) is 0.236. The highest BCUT2D eigenvalue weighted by atomic mass is 16.5. The largest absolute Gasteiger partial charge is 0.481 e. The normalized spacial score (nSPS) is 24.2. The Kier molecular flexibility index (Phi) is 5.31. The highest BCUT2D eigenvalue weighted by Crippen LogP contribution is 2.55. The standard InChI is InChI=1S/C27H27N3O5/c31-24(32)12-11-23-28-25(30-35-23)27(14-16-9-10-17(27)13-16)29-26(33)34-15-22-20-7-3-1-5-18(20)19-6-2-4-8-21(19)22/h1-8,16-17,22H,9-15H2,(H,29,33)(H,31,32). The number of amides is 1. The molecule has 180 valence electrons. The second kappa shape index (κ2) is 8.52. The number of alkyl carbamates (subject to hydrolysis) is 1. The molecular weight excluding hydrogens is 446 g/mol. The van der Waals surface area contributed by atoms with Gasteiger partial charge in [0.1, 0.15) is 12.1 Å². The Labute approximate surface area is 202 Å². The lowest BCUT2D eigenvalue weighted by molar-refractivity contribution is -0.137. The van der Waals surface area contributed by atoms with Crippen LogP contribution in [0.2, 0.25) is 0 Å². The molecule has 1 heterocycles. The van der Waals surface area contributed by atoms with Crippen molar-refractivity contribution in [2.75, 3.05) is 6.61 Å². The SMILES string of the molecule is O=C(O)CCc1nc(C2(NC(=O)OCC3c4ccccc4-c4ccccc43)CC3CCC2C3)no1. The number of aromatic nitrogens is 2. The zero-order valence-corrected chi connectivity index (χ0v) is 19.3. The first-order valence-electron chi connectivity index (χ1n) is 12.2. The highest BCUT2D eigenvalue weighted by molar-refractivity contribution is 5.79. The third-order valence-electron chi connectivity index (χ3n) is 7.94. The number of rotatable bonds is 7. The number of hydrogen-bond acceptors (Lipinski definition) is 6. The fourth-order valence-corrected chi connectivity index (χ4v) is 6.38. The van der Waals surface area contributed by atoms with Crippen molar-refractivity contribution in [3.05, 3.63) is 71.4 Å². The molecule has 3 unspecified atom stereocenters. The van der Waals surface area contributed by atoms with Crippen molar-refractivity contribution in [3.63, 3.8) is 0 Å². The molecule has 2 fully saturated rings. The zero-order valence-electron chi connectivity index (χ0n) is 19.3. The summed E-state index contributed by atoms with van der Waals surface area (Å²) in [6, 6.07) is 16.5. The maximum Gasteiger partial charge on any atom is 0.407 e. The molecule has 8 nitrogen and oxygen atoms in total. The van der Waals surface area contributed by atoms with E-state index in [1.807, 2.05) is 24.3 Å². The van der Waals surface area contributed by atoms with E-state index in [1.54, 1.807) is 0 Å². The first-order chi connectivity index (χ1) is 17.0. The smallest absolute Gasteiger partial charge is 0.407 e. The number of ether oxygens (including phenoxy) is 1. The van der Waals surface area contributed by atoms with Gasteiger partial charge in [-0.3, -0.25) is 4.79 Å². The van der Waals surface area contributed by atoms with E-state index >= 15 is 0 Å². The summed E-state index contributed by atoms with van der Waals surface area (Å²) in [7, 11) is 0. The minimum Gasteiger partial charge on any atom is -0.481 e. The molecule has 0 saturated heterocycles. The quantitative estimate of drug-likeness (QED) is 0.514. The predicted molar refractivity (Wildman–Crippen MR) is 126 cm³/mol. The van der Waals surface area contributed by atoms with Crippen LogP contribution in [0.15, 0.2) is 53.1 Å². The first-order valence-corrected chi connectivity index (χ1v) is 12.2. The number of aryl methyl sites for hydroxylation is 1. The first kappa shape index (κ1) is 21.8. The number of carboxylic acids is 1. The Morgan fingerprint density at radius 3 is 2.43 bits per heavy atom. The molecule has 6 rings (SSSR count). The van der Waals surface area contributed by atoms with E-state index in [-0.39, 0.29) is 37.2 Å². The second-order valence-electron chi connectivity index (χ2n) is 9.91. The van der Waals surface area contributed by atoms with Gasteiger partial charge in [-0.25, -0.2) is 4.79 Å². The molecule has 1 amide bonds. The topological polar surface area (TPSA) is 115 Å². The summed E-state index contributed by atoms with van der Waals surface area (Å²) in [5.41, 5.74) is 3.95. The number of aliphatic carboxylic acids is 1. The van der Waals surface area contributed by atoms with Crippen LogP contribution in [0.5, 0.6) is 0 Å². The number of carbonyl (C=O) groups excluding carboxylic acids is 1. The molecule has 2 N–H and O–H groups in total. The summed E-state index contributed by atoms with van der Waals surface area (Å²) in [5.74, 6) is 0.471. The van der Waals surface area contributed by atoms with Gasteiger partial charge >= 0.3 is 12.1 Å². The predicted octanol–water partition coefficient (Wildman–Crippen LogP) is 4.64. The van der Waals surface area contributed by atoms with Gasteiger partial charge in [-0.2, -0.15) is 4.98 Å². The number of hydrogen-bond donors (Lipinski definition) is 2. The molecular formula is C27H27N3O5. The van der Waals surface area contributed by atoms with Crippen molar-refractivity contribution in [3.8, 4) is 11.1 Å². The third kappa shape index (κ3) is 3.77. The van der Waals surface area contributed by atoms with E-state index in [2.05, 4.69) is 39.7 Å². The van der Waals surface area contributed by atoms with Crippen LogP contribution >= 0.6 is 0 Å². The average Bonchev–Trinajstić information content (AvgIpc) is 3.64. The Bertz CT molecular complexity index is 1240. The van der Waals surface area contributed by atoms with Crippen LogP contribution in [0.25, 0.3) is 11.1 Å². The van der Waals surface area contributed by atoms with Gasteiger partial charge in [-0.1, -0.05) is 53.7 Å². The average molecular weight is 474 g/mol. The van der Waals surface area contributed by atoms with Gasteiger partial charge in [0.05, 0.1) is 6.42 Å². The second-order valence-corrected chi connectivity index (χ2v) is 9.91. The summed E-state index contributed by atoms with van der Waals surface area (Å²) in [6.07, 6.45) is 3.44. The van der Waals surface area contributed by atoms with Crippen molar-refractivity contribution in [2.45, 2.75) is 50.0 Å². The highest BCUT2D eigenvalue weighted by Gasteiger charge is 2.56. The van der Waals surface area contributed by atoms with Crippen LogP contribution in [0.3, 0.4) is 0 Å². The minimum atomic E-state index is -0.920. The van der Waals surface area contributed by atoms with Crippen LogP contribution in [0.4, 0.5) is 4.79 Å². The van der Waals surface area contributed by atoms with Gasteiger partial charge in [0.25, 0.3) is 0 Å². The molecule has 35 heavy (non-hydrogen) atoms. The van der Waals surface area contributed by atoms with E-state index in [1.165, 1.54) is 11.1 Å². The zero-order chi connectivity index (χ0) is 24.0. The Morgan fingerprint density at radius 1 is 1.09 bits per heavy atom. The maximum atomic E-state index is 13.2. The molecule has 3 aliphatic carbocycles. The van der Waals surface area contributed by atoms with Crippen molar-refractivity contribution in [1.82, 2.24) is 15.5 Å². The van der Waals surface area contributed by atoms with Crippen LogP contribution < -0.4 is 5.32 Å². The van der Waals surface area contributed by atoms with Crippen LogP contribution in [-0.4, -0.2) is 33.9 Å². The van der Waals surface area contributed by atoms with Crippen LogP contribution in [-0.2, 0) is 21.5 Å². The molecule has 0 spiro atoms. The molecule has 0 aliphatic heterocycles. The molecule has 1 aromatic heterocycles. The monoisotopic (exact) mass is 473 g/mol. The number of carbonyl (C=O) groups is 2. The number of carboxylic acid groups (broad SMARTS) is 1. The summed E-state index contributed by atoms with van der Waals surface area (Å²) >= 11 is 0. The van der Waals surface area contributed by atoms with E-state index in [4.69, 9.17) is 14.4 Å². The summed E-state index contributed by atoms with van der Waals surface area (Å²) in [5, 5.41) is 16.3. The fourth-order valence-electron chi connectivity index (χ4n) is 6.38. The maximum absolute atomic E-state index is 13.2. The van der Waals surface area contributed by atoms with E-state index in [9.17, 15) is 9.59 Å². The number of benzene rings is 2.